The predicted molar refractivity (Wildman–Crippen MR) is 58.3 cm³/mol. The zero-order chi connectivity index (χ0) is 12.6. The number of amidine groups is 1. The van der Waals surface area contributed by atoms with Crippen LogP contribution in [-0.2, 0) is 4.74 Å². The molecule has 2 aliphatic rings. The molecule has 0 aromatic carbocycles. The van der Waals surface area contributed by atoms with Gasteiger partial charge in [-0.15, -0.1) is 0 Å². The van der Waals surface area contributed by atoms with Crippen LogP contribution in [0.25, 0.3) is 0 Å². The van der Waals surface area contributed by atoms with Crippen LogP contribution >= 0.6 is 0 Å². The maximum Gasteiger partial charge on any atom is 0.177 e. The molecule has 5 atom stereocenters. The van der Waals surface area contributed by atoms with E-state index in [1.54, 1.807) is 0 Å². The molecule has 2 heterocycles. The number of ether oxygens (including phenoxy) is 1. The molecule has 1 fully saturated rings. The van der Waals surface area contributed by atoms with Gasteiger partial charge in [-0.25, -0.2) is 4.99 Å². The Hall–Kier alpha value is -1.19. The number of aliphatic hydroxyl groups is 3. The van der Waals surface area contributed by atoms with Gasteiger partial charge in [0.25, 0.3) is 0 Å². The van der Waals surface area contributed by atoms with Crippen LogP contribution in [0, 0.1) is 0 Å². The van der Waals surface area contributed by atoms with Gasteiger partial charge in [-0.2, -0.15) is 0 Å². The van der Waals surface area contributed by atoms with Crippen molar-refractivity contribution in [2.45, 2.75) is 30.8 Å². The van der Waals surface area contributed by atoms with Crippen LogP contribution < -0.4 is 11.5 Å². The second kappa shape index (κ2) is 4.59. The van der Waals surface area contributed by atoms with Gasteiger partial charge in [0.2, 0.25) is 0 Å². The second-order valence-electron chi connectivity index (χ2n) is 3.96. The van der Waals surface area contributed by atoms with Crippen molar-refractivity contribution in [3.05, 3.63) is 12.3 Å². The first-order valence-electron chi connectivity index (χ1n) is 5.21. The molecule has 8 nitrogen and oxygen atoms in total. The average Bonchev–Trinajstić information content (AvgIpc) is 2.57. The molecule has 2 rings (SSSR count). The Morgan fingerprint density at radius 2 is 2.12 bits per heavy atom. The van der Waals surface area contributed by atoms with E-state index in [0.717, 1.165) is 0 Å². The summed E-state index contributed by atoms with van der Waals surface area (Å²) < 4.78 is 5.31. The van der Waals surface area contributed by atoms with Crippen molar-refractivity contribution in [3.8, 4) is 0 Å². The van der Waals surface area contributed by atoms with E-state index in [2.05, 4.69) is 4.99 Å². The van der Waals surface area contributed by atoms with E-state index >= 15 is 0 Å². The number of rotatable bonds is 2. The van der Waals surface area contributed by atoms with Crippen molar-refractivity contribution in [1.82, 2.24) is 4.90 Å². The van der Waals surface area contributed by atoms with Gasteiger partial charge in [-0.1, -0.05) is 0 Å². The summed E-state index contributed by atoms with van der Waals surface area (Å²) in [5.41, 5.74) is 11.2. The Morgan fingerprint density at radius 3 is 2.65 bits per heavy atom. The highest BCUT2D eigenvalue weighted by Crippen LogP contribution is 2.25. The molecule has 1 unspecified atom stereocenters. The topological polar surface area (TPSA) is 138 Å². The number of aliphatic imine (C=N–C) groups is 1. The van der Waals surface area contributed by atoms with Crippen molar-refractivity contribution in [2.75, 3.05) is 6.61 Å². The molecule has 0 saturated carbocycles. The summed E-state index contributed by atoms with van der Waals surface area (Å²) in [6.07, 6.45) is -1.76. The van der Waals surface area contributed by atoms with E-state index in [1.165, 1.54) is 17.2 Å². The van der Waals surface area contributed by atoms with Crippen molar-refractivity contribution >= 4 is 5.84 Å². The summed E-state index contributed by atoms with van der Waals surface area (Å²) in [4.78, 5) is 5.33. The predicted octanol–water partition coefficient (Wildman–Crippen LogP) is -3.15. The lowest BCUT2D eigenvalue weighted by Crippen LogP contribution is -2.51. The normalized spacial score (nSPS) is 41.8. The Balaban J connectivity index is 2.12. The lowest BCUT2D eigenvalue weighted by atomic mass is 10.1. The fraction of sp³-hybridized carbons (Fsp3) is 0.667. The van der Waals surface area contributed by atoms with Gasteiger partial charge in [0, 0.05) is 6.20 Å². The molecule has 0 radical (unpaired) electrons. The summed E-state index contributed by atoms with van der Waals surface area (Å²) in [6.45, 7) is -0.382. The number of nitrogens with two attached hydrogens (primary N) is 2. The van der Waals surface area contributed by atoms with Crippen LogP contribution in [0.4, 0.5) is 0 Å². The lowest BCUT2D eigenvalue weighted by Gasteiger charge is -2.33. The van der Waals surface area contributed by atoms with E-state index in [9.17, 15) is 10.2 Å². The van der Waals surface area contributed by atoms with E-state index in [1.807, 2.05) is 0 Å². The van der Waals surface area contributed by atoms with Gasteiger partial charge in [0.1, 0.15) is 24.1 Å². The lowest BCUT2D eigenvalue weighted by molar-refractivity contribution is -0.0916. The highest BCUT2D eigenvalue weighted by atomic mass is 16.6. The number of hydrogen-bond donors (Lipinski definition) is 5. The fourth-order valence-electron chi connectivity index (χ4n) is 1.87. The molecule has 2 aliphatic heterocycles. The molecule has 0 aliphatic carbocycles. The van der Waals surface area contributed by atoms with Crippen LogP contribution in [-0.4, -0.2) is 63.5 Å². The Morgan fingerprint density at radius 1 is 1.41 bits per heavy atom. The summed E-state index contributed by atoms with van der Waals surface area (Å²) in [5.74, 6) is 0.278. The average molecular weight is 244 g/mol. The highest BCUT2D eigenvalue weighted by molar-refractivity contribution is 5.91. The molecule has 0 aromatic heterocycles. The first-order chi connectivity index (χ1) is 8.04. The number of hydrogen-bond acceptors (Lipinski definition) is 8. The fourth-order valence-corrected chi connectivity index (χ4v) is 1.87. The van der Waals surface area contributed by atoms with Gasteiger partial charge in [-0.05, 0) is 6.08 Å². The molecular formula is C9H16N4O4. The standard InChI is InChI=1S/C9H16N4O4/c10-5-1-2-13(9(11)12-5)8-7(16)6(15)4(3-14)17-8/h1-2,4,6-9,14-16H,3,11H2,(H2,10,12)/t4-,6-,7-,8?,9-/m1/s1. The minimum atomic E-state index is -1.17. The van der Waals surface area contributed by atoms with Gasteiger partial charge in [0.15, 0.2) is 12.5 Å². The van der Waals surface area contributed by atoms with E-state index < -0.39 is 30.8 Å². The number of aliphatic hydroxyl groups excluding tert-OH is 3. The van der Waals surface area contributed by atoms with Crippen LogP contribution in [0.2, 0.25) is 0 Å². The maximum atomic E-state index is 9.80. The maximum absolute atomic E-state index is 9.80. The molecule has 17 heavy (non-hydrogen) atoms. The van der Waals surface area contributed by atoms with Crippen molar-refractivity contribution in [2.24, 2.45) is 16.5 Å². The molecule has 1 saturated heterocycles. The largest absolute Gasteiger partial charge is 0.394 e. The number of nitrogens with zero attached hydrogens (tertiary/aromatic N) is 2. The third-order valence-electron chi connectivity index (χ3n) is 2.82. The smallest absolute Gasteiger partial charge is 0.177 e. The Labute approximate surface area is 97.8 Å². The van der Waals surface area contributed by atoms with Crippen molar-refractivity contribution in [1.29, 1.82) is 0 Å². The first kappa shape index (κ1) is 12.3. The minimum Gasteiger partial charge on any atom is -0.394 e. The van der Waals surface area contributed by atoms with E-state index in [-0.39, 0.29) is 12.4 Å². The minimum absolute atomic E-state index is 0.278. The molecule has 7 N–H and O–H groups in total. The SMILES string of the molecule is NC1=N[C@@H](N)N(C2O[C@H](CO)[C@@H](O)[C@H]2O)C=C1. The molecule has 8 heteroatoms. The highest BCUT2D eigenvalue weighted by Gasteiger charge is 2.46. The quantitative estimate of drug-likeness (QED) is 0.346. The Bertz CT molecular complexity index is 348. The van der Waals surface area contributed by atoms with Crippen LogP contribution in [0.3, 0.4) is 0 Å². The molecular weight excluding hydrogens is 228 g/mol. The summed E-state index contributed by atoms with van der Waals surface area (Å²) >= 11 is 0. The van der Waals surface area contributed by atoms with Crippen molar-refractivity contribution in [3.63, 3.8) is 0 Å². The van der Waals surface area contributed by atoms with Crippen LogP contribution in [0.15, 0.2) is 17.3 Å². The molecule has 96 valence electrons. The second-order valence-corrected chi connectivity index (χ2v) is 3.96. The first-order valence-corrected chi connectivity index (χ1v) is 5.21. The monoisotopic (exact) mass is 244 g/mol. The third kappa shape index (κ3) is 2.13. The summed E-state index contributed by atoms with van der Waals surface area (Å²) in [5, 5.41) is 28.4. The summed E-state index contributed by atoms with van der Waals surface area (Å²) in [6, 6.07) is 0. The van der Waals surface area contributed by atoms with Gasteiger partial charge in [0.05, 0.1) is 6.61 Å². The molecule has 0 spiro atoms. The van der Waals surface area contributed by atoms with Crippen molar-refractivity contribution < 1.29 is 20.1 Å². The van der Waals surface area contributed by atoms with Gasteiger partial charge >= 0.3 is 0 Å². The summed E-state index contributed by atoms with van der Waals surface area (Å²) in [7, 11) is 0. The zero-order valence-electron chi connectivity index (χ0n) is 9.05. The van der Waals surface area contributed by atoms with Crippen LogP contribution in [0.5, 0.6) is 0 Å². The van der Waals surface area contributed by atoms with Gasteiger partial charge < -0.3 is 30.7 Å². The Kier molecular flexibility index (Phi) is 3.31. The van der Waals surface area contributed by atoms with E-state index in [0.29, 0.717) is 0 Å². The molecule has 0 amide bonds. The van der Waals surface area contributed by atoms with Gasteiger partial charge in [-0.3, -0.25) is 5.73 Å². The zero-order valence-corrected chi connectivity index (χ0v) is 9.05. The van der Waals surface area contributed by atoms with Crippen LogP contribution in [0.1, 0.15) is 0 Å². The van der Waals surface area contributed by atoms with E-state index in [4.69, 9.17) is 21.3 Å². The third-order valence-corrected chi connectivity index (χ3v) is 2.82. The molecule has 0 aromatic rings. The molecule has 0 bridgehead atoms.